The number of piperidine rings is 1. The van der Waals surface area contributed by atoms with Crippen LogP contribution in [0.15, 0.2) is 41.9 Å². The van der Waals surface area contributed by atoms with E-state index in [2.05, 4.69) is 15.4 Å². The molecule has 2 aromatic heterocycles. The number of ketones is 1. The van der Waals surface area contributed by atoms with Crippen LogP contribution < -0.4 is 10.1 Å². The number of nitrogens with zero attached hydrogens (tertiary/aromatic N) is 4. The smallest absolute Gasteiger partial charge is 0.276 e. The molecule has 178 valence electrons. The third-order valence-electron chi connectivity index (χ3n) is 5.99. The number of benzene rings is 1. The van der Waals surface area contributed by atoms with E-state index < -0.39 is 0 Å². The third kappa shape index (κ3) is 5.51. The number of anilines is 1. The maximum Gasteiger partial charge on any atom is 0.276 e. The first kappa shape index (κ1) is 23.6. The Labute approximate surface area is 201 Å². The van der Waals surface area contributed by atoms with Crippen molar-refractivity contribution in [2.45, 2.75) is 31.6 Å². The standard InChI is InChI=1S/C24H27N5O4S/c1-28-21(9-12-25-28)27-23(32)19-15-34-24(26-19)17-10-13-29(14-11-17)22(31)8-7-20(30)16-3-5-18(33-2)6-4-16/h3-6,9,12,15,17H,7-8,10-11,13-14H2,1-2H3,(H,27,32). The normalized spacial score (nSPS) is 14.1. The number of carbonyl (C=O) groups is 3. The van der Waals surface area contributed by atoms with Crippen molar-refractivity contribution >= 4 is 34.8 Å². The molecular formula is C24H27N5O4S. The van der Waals surface area contributed by atoms with Crippen molar-refractivity contribution in [3.8, 4) is 5.75 Å². The summed E-state index contributed by atoms with van der Waals surface area (Å²) in [5.41, 5.74) is 0.969. The zero-order valence-corrected chi connectivity index (χ0v) is 20.0. The lowest BCUT2D eigenvalue weighted by Crippen LogP contribution is -2.38. The van der Waals surface area contributed by atoms with E-state index in [0.29, 0.717) is 35.9 Å². The fraction of sp³-hybridized carbons (Fsp3) is 0.375. The first-order chi connectivity index (χ1) is 16.4. The van der Waals surface area contributed by atoms with Gasteiger partial charge in [0.2, 0.25) is 5.91 Å². The second-order valence-corrected chi connectivity index (χ2v) is 9.06. The topological polar surface area (TPSA) is 106 Å². The molecular weight excluding hydrogens is 454 g/mol. The summed E-state index contributed by atoms with van der Waals surface area (Å²) in [6.45, 7) is 1.24. The van der Waals surface area contributed by atoms with Gasteiger partial charge in [-0.05, 0) is 37.1 Å². The molecule has 1 aliphatic rings. The minimum atomic E-state index is -0.264. The Morgan fingerprint density at radius 2 is 1.85 bits per heavy atom. The summed E-state index contributed by atoms with van der Waals surface area (Å²) in [5, 5.41) is 9.52. The van der Waals surface area contributed by atoms with Crippen molar-refractivity contribution in [1.82, 2.24) is 19.7 Å². The highest BCUT2D eigenvalue weighted by Gasteiger charge is 2.26. The summed E-state index contributed by atoms with van der Waals surface area (Å²) in [5.74, 6) is 1.20. The Bertz CT molecular complexity index is 1160. The first-order valence-corrected chi connectivity index (χ1v) is 12.0. The van der Waals surface area contributed by atoms with E-state index in [9.17, 15) is 14.4 Å². The van der Waals surface area contributed by atoms with Gasteiger partial charge in [-0.15, -0.1) is 11.3 Å². The number of hydrogen-bond acceptors (Lipinski definition) is 7. The van der Waals surface area contributed by atoms with Gasteiger partial charge in [0.15, 0.2) is 5.78 Å². The number of methoxy groups -OCH3 is 1. The van der Waals surface area contributed by atoms with Crippen molar-refractivity contribution in [1.29, 1.82) is 0 Å². The van der Waals surface area contributed by atoms with Crippen molar-refractivity contribution < 1.29 is 19.1 Å². The molecule has 1 fully saturated rings. The third-order valence-corrected chi connectivity index (χ3v) is 7.00. The van der Waals surface area contributed by atoms with E-state index in [1.165, 1.54) is 11.3 Å². The van der Waals surface area contributed by atoms with Crippen LogP contribution in [0.5, 0.6) is 5.75 Å². The van der Waals surface area contributed by atoms with Crippen LogP contribution in [0.1, 0.15) is 57.5 Å². The number of rotatable bonds is 8. The number of nitrogens with one attached hydrogen (secondary N) is 1. The van der Waals surface area contributed by atoms with Crippen LogP contribution in [0.3, 0.4) is 0 Å². The molecule has 4 rings (SSSR count). The van der Waals surface area contributed by atoms with Gasteiger partial charge < -0.3 is 15.0 Å². The summed E-state index contributed by atoms with van der Waals surface area (Å²) in [6, 6.07) is 8.65. The fourth-order valence-corrected chi connectivity index (χ4v) is 4.90. The molecule has 0 bridgehead atoms. The zero-order valence-electron chi connectivity index (χ0n) is 19.2. The van der Waals surface area contributed by atoms with Crippen molar-refractivity contribution in [3.63, 3.8) is 0 Å². The average Bonchev–Trinajstić information content (AvgIpc) is 3.52. The summed E-state index contributed by atoms with van der Waals surface area (Å²) in [7, 11) is 3.33. The molecule has 1 aliphatic heterocycles. The summed E-state index contributed by atoms with van der Waals surface area (Å²) in [4.78, 5) is 43.8. The van der Waals surface area contributed by atoms with E-state index in [-0.39, 0.29) is 36.4 Å². The molecule has 3 aromatic rings. The molecule has 0 saturated carbocycles. The SMILES string of the molecule is COc1ccc(C(=O)CCC(=O)N2CCC(c3nc(C(=O)Nc4ccnn4C)cs3)CC2)cc1. The summed E-state index contributed by atoms with van der Waals surface area (Å²) < 4.78 is 6.69. The van der Waals surface area contributed by atoms with Gasteiger partial charge in [-0.25, -0.2) is 4.98 Å². The Morgan fingerprint density at radius 1 is 1.12 bits per heavy atom. The number of aryl methyl sites for hydroxylation is 1. The van der Waals surface area contributed by atoms with Crippen molar-refractivity contribution in [2.24, 2.45) is 7.05 Å². The monoisotopic (exact) mass is 481 g/mol. The van der Waals surface area contributed by atoms with E-state index in [1.807, 2.05) is 4.90 Å². The maximum absolute atomic E-state index is 12.6. The van der Waals surface area contributed by atoms with Gasteiger partial charge in [-0.1, -0.05) is 0 Å². The Morgan fingerprint density at radius 3 is 2.50 bits per heavy atom. The highest BCUT2D eigenvalue weighted by Crippen LogP contribution is 2.31. The molecule has 1 aromatic carbocycles. The quantitative estimate of drug-likeness (QED) is 0.494. The number of likely N-dealkylation sites (tertiary alicyclic amines) is 1. The van der Waals surface area contributed by atoms with E-state index in [1.54, 1.807) is 60.7 Å². The number of ether oxygens (including phenoxy) is 1. The Kier molecular flexibility index (Phi) is 7.36. The molecule has 0 spiro atoms. The van der Waals surface area contributed by atoms with Crippen molar-refractivity contribution in [2.75, 3.05) is 25.5 Å². The minimum Gasteiger partial charge on any atom is -0.497 e. The number of amides is 2. The number of carbonyl (C=O) groups excluding carboxylic acids is 3. The first-order valence-electron chi connectivity index (χ1n) is 11.1. The molecule has 10 heteroatoms. The van der Waals surface area contributed by atoms with E-state index >= 15 is 0 Å². The van der Waals surface area contributed by atoms with Gasteiger partial charge in [0.05, 0.1) is 18.3 Å². The predicted molar refractivity (Wildman–Crippen MR) is 128 cm³/mol. The number of thiazole rings is 1. The molecule has 1 saturated heterocycles. The number of hydrogen-bond donors (Lipinski definition) is 1. The van der Waals surface area contributed by atoms with Gasteiger partial charge >= 0.3 is 0 Å². The van der Waals surface area contributed by atoms with E-state index in [4.69, 9.17) is 4.74 Å². The highest BCUT2D eigenvalue weighted by atomic mass is 32.1. The lowest BCUT2D eigenvalue weighted by Gasteiger charge is -2.31. The average molecular weight is 482 g/mol. The van der Waals surface area contributed by atoms with Gasteiger partial charge in [0, 0.05) is 55.9 Å². The Hall–Kier alpha value is -3.53. The number of aromatic nitrogens is 3. The predicted octanol–water partition coefficient (Wildman–Crippen LogP) is 3.51. The fourth-order valence-electron chi connectivity index (χ4n) is 3.93. The van der Waals surface area contributed by atoms with Gasteiger partial charge in [0.25, 0.3) is 5.91 Å². The number of Topliss-reactive ketones (excluding diaryl/α,β-unsaturated/α-hetero) is 1. The van der Waals surface area contributed by atoms with Crippen LogP contribution >= 0.6 is 11.3 Å². The van der Waals surface area contributed by atoms with Crippen LogP contribution in [0.2, 0.25) is 0 Å². The van der Waals surface area contributed by atoms with Crippen molar-refractivity contribution in [3.05, 3.63) is 58.2 Å². The maximum atomic E-state index is 12.6. The molecule has 34 heavy (non-hydrogen) atoms. The van der Waals surface area contributed by atoms with Crippen LogP contribution in [-0.4, -0.2) is 57.5 Å². The van der Waals surface area contributed by atoms with Crippen LogP contribution in [0, 0.1) is 0 Å². The molecule has 0 radical (unpaired) electrons. The molecule has 0 atom stereocenters. The second-order valence-electron chi connectivity index (χ2n) is 8.17. The lowest BCUT2D eigenvalue weighted by atomic mass is 9.97. The highest BCUT2D eigenvalue weighted by molar-refractivity contribution is 7.10. The second kappa shape index (κ2) is 10.6. The largest absolute Gasteiger partial charge is 0.497 e. The van der Waals surface area contributed by atoms with Gasteiger partial charge in [-0.2, -0.15) is 5.10 Å². The Balaban J connectivity index is 1.24. The summed E-state index contributed by atoms with van der Waals surface area (Å²) in [6.07, 6.45) is 3.58. The summed E-state index contributed by atoms with van der Waals surface area (Å²) >= 11 is 1.47. The van der Waals surface area contributed by atoms with Gasteiger partial charge in [-0.3, -0.25) is 19.1 Å². The van der Waals surface area contributed by atoms with Crippen LogP contribution in [0.4, 0.5) is 5.82 Å². The van der Waals surface area contributed by atoms with Crippen LogP contribution in [0.25, 0.3) is 0 Å². The zero-order chi connectivity index (χ0) is 24.1. The minimum absolute atomic E-state index is 0.00399. The molecule has 2 amide bonds. The van der Waals surface area contributed by atoms with Crippen LogP contribution in [-0.2, 0) is 11.8 Å². The molecule has 1 N–H and O–H groups in total. The van der Waals surface area contributed by atoms with E-state index in [0.717, 1.165) is 17.8 Å². The van der Waals surface area contributed by atoms with Gasteiger partial charge in [0.1, 0.15) is 17.3 Å². The molecule has 0 unspecified atom stereocenters. The molecule has 9 nitrogen and oxygen atoms in total. The molecule has 0 aliphatic carbocycles. The lowest BCUT2D eigenvalue weighted by molar-refractivity contribution is -0.132. The molecule has 3 heterocycles.